The zero-order valence-electron chi connectivity index (χ0n) is 11.4. The Hall–Kier alpha value is -2.34. The Bertz CT molecular complexity index is 488. The summed E-state index contributed by atoms with van der Waals surface area (Å²) in [5.74, 6) is -0.0375. The number of anilines is 1. The fraction of sp³-hybridized carbons (Fsp3) is 0.286. The van der Waals surface area contributed by atoms with Gasteiger partial charge in [-0.3, -0.25) is 9.59 Å². The quantitative estimate of drug-likeness (QED) is 0.638. The van der Waals surface area contributed by atoms with E-state index in [9.17, 15) is 9.59 Å². The number of rotatable bonds is 7. The summed E-state index contributed by atoms with van der Waals surface area (Å²) in [5, 5.41) is 5.13. The average Bonchev–Trinajstić information content (AvgIpc) is 2.45. The van der Waals surface area contributed by atoms with Crippen molar-refractivity contribution in [2.75, 3.05) is 19.0 Å². The Morgan fingerprint density at radius 3 is 2.90 bits per heavy atom. The molecule has 1 atom stereocenters. The molecule has 0 heterocycles. The molecule has 0 aromatic heterocycles. The van der Waals surface area contributed by atoms with Crippen LogP contribution in [0.1, 0.15) is 6.42 Å². The van der Waals surface area contributed by atoms with Gasteiger partial charge in [-0.2, -0.15) is 0 Å². The van der Waals surface area contributed by atoms with Crippen molar-refractivity contribution in [2.45, 2.75) is 12.5 Å². The second-order valence-corrected chi connectivity index (χ2v) is 4.11. The highest BCUT2D eigenvalue weighted by Crippen LogP contribution is 2.17. The van der Waals surface area contributed by atoms with E-state index in [1.165, 1.54) is 7.05 Å². The van der Waals surface area contributed by atoms with E-state index in [1.54, 1.807) is 30.3 Å². The van der Waals surface area contributed by atoms with Crippen LogP contribution in [-0.2, 0) is 9.59 Å². The van der Waals surface area contributed by atoms with E-state index in [2.05, 4.69) is 17.2 Å². The highest BCUT2D eigenvalue weighted by molar-refractivity contribution is 5.94. The molecular formula is C14H19N3O3. The molecule has 108 valence electrons. The van der Waals surface area contributed by atoms with Gasteiger partial charge in [0.2, 0.25) is 5.91 Å². The largest absolute Gasteiger partial charge is 0.484 e. The Morgan fingerprint density at radius 1 is 1.50 bits per heavy atom. The third-order valence-electron chi connectivity index (χ3n) is 2.51. The molecule has 1 rings (SSSR count). The van der Waals surface area contributed by atoms with Crippen LogP contribution in [0.4, 0.5) is 5.69 Å². The first kappa shape index (κ1) is 15.7. The topological polar surface area (TPSA) is 93.5 Å². The summed E-state index contributed by atoms with van der Waals surface area (Å²) in [6.45, 7) is 3.46. The fourth-order valence-electron chi connectivity index (χ4n) is 1.41. The van der Waals surface area contributed by atoms with Crippen LogP contribution >= 0.6 is 0 Å². The summed E-state index contributed by atoms with van der Waals surface area (Å²) in [6.07, 6.45) is 1.99. The first-order chi connectivity index (χ1) is 9.56. The summed E-state index contributed by atoms with van der Waals surface area (Å²) in [7, 11) is 1.53. The molecule has 1 aromatic rings. The van der Waals surface area contributed by atoms with E-state index in [0.29, 0.717) is 17.9 Å². The lowest BCUT2D eigenvalue weighted by Gasteiger charge is -2.11. The number of carbonyl (C=O) groups is 2. The Balaban J connectivity index is 2.61. The van der Waals surface area contributed by atoms with Crippen LogP contribution in [0, 0.1) is 0 Å². The van der Waals surface area contributed by atoms with Gasteiger partial charge in [-0.05, 0) is 18.6 Å². The minimum atomic E-state index is -0.636. The van der Waals surface area contributed by atoms with E-state index < -0.39 is 6.04 Å². The van der Waals surface area contributed by atoms with Crippen molar-refractivity contribution < 1.29 is 14.3 Å². The lowest BCUT2D eigenvalue weighted by molar-refractivity contribution is -0.122. The molecule has 0 saturated carbocycles. The number of carbonyl (C=O) groups excluding carboxylic acids is 2. The molecule has 6 nitrogen and oxygen atoms in total. The van der Waals surface area contributed by atoms with Crippen LogP contribution in [0.25, 0.3) is 0 Å². The second kappa shape index (κ2) is 7.96. The summed E-state index contributed by atoms with van der Waals surface area (Å²) < 4.78 is 5.28. The van der Waals surface area contributed by atoms with Crippen LogP contribution in [0.15, 0.2) is 36.9 Å². The van der Waals surface area contributed by atoms with Crippen LogP contribution in [0.5, 0.6) is 5.75 Å². The predicted molar refractivity (Wildman–Crippen MR) is 77.4 cm³/mol. The second-order valence-electron chi connectivity index (χ2n) is 4.11. The number of amides is 2. The molecular weight excluding hydrogens is 258 g/mol. The standard InChI is InChI=1S/C14H19N3O3/c1-3-5-12(15)14(19)17-10-6-4-7-11(8-10)20-9-13(18)16-2/h3-4,6-8,12H,1,5,9,15H2,2H3,(H,16,18)(H,17,19). The molecule has 0 aliphatic carbocycles. The zero-order chi connectivity index (χ0) is 15.0. The molecule has 1 aromatic carbocycles. The minimum absolute atomic E-state index is 0.0795. The first-order valence-corrected chi connectivity index (χ1v) is 6.17. The number of hydrogen-bond acceptors (Lipinski definition) is 4. The third-order valence-corrected chi connectivity index (χ3v) is 2.51. The van der Waals surface area contributed by atoms with Crippen molar-refractivity contribution in [3.05, 3.63) is 36.9 Å². The van der Waals surface area contributed by atoms with Gasteiger partial charge in [-0.15, -0.1) is 6.58 Å². The van der Waals surface area contributed by atoms with Gasteiger partial charge >= 0.3 is 0 Å². The molecule has 0 aliphatic heterocycles. The van der Waals surface area contributed by atoms with E-state index in [0.717, 1.165) is 0 Å². The molecule has 0 spiro atoms. The Labute approximate surface area is 118 Å². The van der Waals surface area contributed by atoms with Gasteiger partial charge in [0.25, 0.3) is 5.91 Å². The molecule has 0 fully saturated rings. The summed E-state index contributed by atoms with van der Waals surface area (Å²) in [4.78, 5) is 22.8. The molecule has 0 saturated heterocycles. The summed E-state index contributed by atoms with van der Waals surface area (Å²) in [5.41, 5.74) is 6.22. The van der Waals surface area contributed by atoms with Crippen molar-refractivity contribution >= 4 is 17.5 Å². The van der Waals surface area contributed by atoms with Gasteiger partial charge < -0.3 is 21.1 Å². The summed E-state index contributed by atoms with van der Waals surface area (Å²) >= 11 is 0. The normalized spacial score (nSPS) is 11.3. The smallest absolute Gasteiger partial charge is 0.257 e. The van der Waals surface area contributed by atoms with Crippen LogP contribution < -0.4 is 21.1 Å². The zero-order valence-corrected chi connectivity index (χ0v) is 11.4. The number of benzene rings is 1. The van der Waals surface area contributed by atoms with Gasteiger partial charge in [-0.1, -0.05) is 12.1 Å². The lowest BCUT2D eigenvalue weighted by Crippen LogP contribution is -2.35. The van der Waals surface area contributed by atoms with Crippen LogP contribution in [0.3, 0.4) is 0 Å². The summed E-state index contributed by atoms with van der Waals surface area (Å²) in [6, 6.07) is 6.12. The molecule has 6 heteroatoms. The number of nitrogens with two attached hydrogens (primary N) is 1. The van der Waals surface area contributed by atoms with E-state index in [4.69, 9.17) is 10.5 Å². The SMILES string of the molecule is C=CCC(N)C(=O)Nc1cccc(OCC(=O)NC)c1. The van der Waals surface area contributed by atoms with Gasteiger partial charge in [0.15, 0.2) is 6.61 Å². The maximum absolute atomic E-state index is 11.7. The van der Waals surface area contributed by atoms with E-state index in [-0.39, 0.29) is 18.4 Å². The van der Waals surface area contributed by atoms with Crippen molar-refractivity contribution in [3.63, 3.8) is 0 Å². The average molecular weight is 277 g/mol. The minimum Gasteiger partial charge on any atom is -0.484 e. The van der Waals surface area contributed by atoms with Gasteiger partial charge in [0, 0.05) is 18.8 Å². The number of nitrogens with one attached hydrogen (secondary N) is 2. The Morgan fingerprint density at radius 2 is 2.25 bits per heavy atom. The molecule has 0 radical (unpaired) electrons. The number of hydrogen-bond donors (Lipinski definition) is 3. The lowest BCUT2D eigenvalue weighted by atomic mass is 10.2. The monoisotopic (exact) mass is 277 g/mol. The molecule has 0 aliphatic rings. The fourth-order valence-corrected chi connectivity index (χ4v) is 1.41. The molecule has 1 unspecified atom stereocenters. The van der Waals surface area contributed by atoms with Gasteiger partial charge in [0.05, 0.1) is 6.04 Å². The highest BCUT2D eigenvalue weighted by Gasteiger charge is 2.12. The maximum Gasteiger partial charge on any atom is 0.257 e. The van der Waals surface area contributed by atoms with Crippen molar-refractivity contribution in [3.8, 4) is 5.75 Å². The van der Waals surface area contributed by atoms with Gasteiger partial charge in [0.1, 0.15) is 5.75 Å². The molecule has 4 N–H and O–H groups in total. The predicted octanol–water partition coefficient (Wildman–Crippen LogP) is 0.653. The van der Waals surface area contributed by atoms with Crippen molar-refractivity contribution in [1.29, 1.82) is 0 Å². The van der Waals surface area contributed by atoms with Crippen LogP contribution in [0.2, 0.25) is 0 Å². The van der Waals surface area contributed by atoms with E-state index in [1.807, 2.05) is 0 Å². The van der Waals surface area contributed by atoms with Gasteiger partial charge in [-0.25, -0.2) is 0 Å². The number of ether oxygens (including phenoxy) is 1. The highest BCUT2D eigenvalue weighted by atomic mass is 16.5. The molecule has 0 bridgehead atoms. The van der Waals surface area contributed by atoms with Crippen molar-refractivity contribution in [1.82, 2.24) is 5.32 Å². The first-order valence-electron chi connectivity index (χ1n) is 6.17. The molecule has 20 heavy (non-hydrogen) atoms. The Kier molecular flexibility index (Phi) is 6.25. The maximum atomic E-state index is 11.7. The van der Waals surface area contributed by atoms with E-state index >= 15 is 0 Å². The third kappa shape index (κ3) is 5.11. The van der Waals surface area contributed by atoms with Crippen molar-refractivity contribution in [2.24, 2.45) is 5.73 Å². The molecule has 2 amide bonds. The van der Waals surface area contributed by atoms with Crippen LogP contribution in [-0.4, -0.2) is 31.5 Å². The number of likely N-dealkylation sites (N-methyl/N-ethyl adjacent to an activating group) is 1.